The largest absolute Gasteiger partial charge is 0.416 e. The number of nitrogens with two attached hydrogens (primary N) is 1. The summed E-state index contributed by atoms with van der Waals surface area (Å²) in [6.45, 7) is 4.74. The molecular weight excluding hydrogens is 538 g/mol. The molecule has 0 aliphatic carbocycles. The maximum atomic E-state index is 13.1. The van der Waals surface area contributed by atoms with Gasteiger partial charge >= 0.3 is 12.4 Å². The van der Waals surface area contributed by atoms with Crippen molar-refractivity contribution in [3.63, 3.8) is 0 Å². The predicted molar refractivity (Wildman–Crippen MR) is 143 cm³/mol. The van der Waals surface area contributed by atoms with Crippen molar-refractivity contribution in [2.75, 3.05) is 51.2 Å². The number of hydrogen-bond donors (Lipinski definition) is 1. The van der Waals surface area contributed by atoms with Crippen LogP contribution >= 0.6 is 0 Å². The van der Waals surface area contributed by atoms with Crippen LogP contribution in [0.3, 0.4) is 0 Å². The predicted octanol–water partition coefficient (Wildman–Crippen LogP) is 4.91. The van der Waals surface area contributed by atoms with E-state index in [9.17, 15) is 31.1 Å². The number of carbonyl (C=O) groups excluding carboxylic acids is 1. The molecule has 3 rings (SSSR count). The number of benzene rings is 2. The number of piperazine rings is 1. The molecular formula is C27H32F6N6O. The minimum absolute atomic E-state index is 0.0155. The molecule has 13 heteroatoms. The fraction of sp³-hybridized carbons (Fsp3) is 0.444. The van der Waals surface area contributed by atoms with Crippen LogP contribution in [0.5, 0.6) is 0 Å². The summed E-state index contributed by atoms with van der Waals surface area (Å²) in [7, 11) is 1.37. The van der Waals surface area contributed by atoms with Crippen LogP contribution in [-0.4, -0.2) is 74.7 Å². The first-order valence-corrected chi connectivity index (χ1v) is 12.7. The molecule has 7 nitrogen and oxygen atoms in total. The molecule has 40 heavy (non-hydrogen) atoms. The molecule has 0 bridgehead atoms. The highest BCUT2D eigenvalue weighted by atomic mass is 19.4. The second-order valence-corrected chi connectivity index (χ2v) is 9.44. The van der Waals surface area contributed by atoms with Gasteiger partial charge in [0, 0.05) is 51.0 Å². The standard InChI is InChI=1S/C27H32F6N6O/c1-37(25(40)21-14-22(26(28,29)30)16-23(15-21)27(31,32)33)8-4-5-9-38-10-12-39(13-11-38)24-7-3-2-6-20(24)17-35-19-36-18-34/h2-3,6-7,14-16,18-19H,4-5,8-13,17H2,1H3,(H2,34,35,36). The van der Waals surface area contributed by atoms with Gasteiger partial charge in [-0.1, -0.05) is 18.2 Å². The number of anilines is 1. The highest BCUT2D eigenvalue weighted by Crippen LogP contribution is 2.36. The zero-order valence-corrected chi connectivity index (χ0v) is 22.0. The van der Waals surface area contributed by atoms with Crippen molar-refractivity contribution in [2.45, 2.75) is 31.7 Å². The molecule has 218 valence electrons. The first kappa shape index (κ1) is 30.9. The quantitative estimate of drug-likeness (QED) is 0.191. The number of aliphatic imine (C=N–C) groups is 2. The van der Waals surface area contributed by atoms with E-state index in [2.05, 4.69) is 25.9 Å². The second-order valence-electron chi connectivity index (χ2n) is 9.44. The number of unbranched alkanes of at least 4 members (excludes halogenated alkanes) is 1. The Morgan fingerprint density at radius 2 is 1.60 bits per heavy atom. The summed E-state index contributed by atoms with van der Waals surface area (Å²) < 4.78 is 78.8. The third kappa shape index (κ3) is 8.70. The first-order valence-electron chi connectivity index (χ1n) is 12.7. The summed E-state index contributed by atoms with van der Waals surface area (Å²) in [5.74, 6) is -0.886. The van der Waals surface area contributed by atoms with Crippen LogP contribution in [0.4, 0.5) is 32.0 Å². The van der Waals surface area contributed by atoms with E-state index < -0.39 is 35.0 Å². The Bertz CT molecular complexity index is 1160. The second kappa shape index (κ2) is 13.6. The maximum Gasteiger partial charge on any atom is 0.416 e. The molecule has 1 amide bonds. The topological polar surface area (TPSA) is 77.5 Å². The van der Waals surface area contributed by atoms with E-state index >= 15 is 0 Å². The van der Waals surface area contributed by atoms with Gasteiger partial charge in [-0.15, -0.1) is 0 Å². The van der Waals surface area contributed by atoms with Crippen LogP contribution in [0, 0.1) is 0 Å². The summed E-state index contributed by atoms with van der Waals surface area (Å²) >= 11 is 0. The van der Waals surface area contributed by atoms with E-state index in [1.54, 1.807) is 0 Å². The van der Waals surface area contributed by atoms with Crippen LogP contribution in [0.25, 0.3) is 0 Å². The molecule has 1 saturated heterocycles. The van der Waals surface area contributed by atoms with Crippen molar-refractivity contribution < 1.29 is 31.1 Å². The Kier molecular flexibility index (Phi) is 10.5. The molecule has 2 N–H and O–H groups in total. The summed E-state index contributed by atoms with van der Waals surface area (Å²) in [5, 5.41) is 0. The molecule has 2 aromatic carbocycles. The highest BCUT2D eigenvalue weighted by molar-refractivity contribution is 5.94. The van der Waals surface area contributed by atoms with Crippen molar-refractivity contribution in [2.24, 2.45) is 15.7 Å². The van der Waals surface area contributed by atoms with Gasteiger partial charge in [-0.3, -0.25) is 14.7 Å². The normalized spacial score (nSPS) is 15.3. The number of amides is 1. The lowest BCUT2D eigenvalue weighted by molar-refractivity contribution is -0.143. The summed E-state index contributed by atoms with van der Waals surface area (Å²) in [6, 6.07) is 8.96. The molecule has 0 aromatic heterocycles. The van der Waals surface area contributed by atoms with Crippen LogP contribution in [0.15, 0.2) is 52.4 Å². The number of hydrogen-bond acceptors (Lipinski definition) is 4. The van der Waals surface area contributed by atoms with Crippen LogP contribution in [0.2, 0.25) is 0 Å². The molecule has 0 spiro atoms. The SMILES string of the molecule is CN(CCCCN1CCN(c2ccccc2CN=CN=CN)CC1)C(=O)c1cc(C(F)(F)F)cc(C(F)(F)F)c1. The van der Waals surface area contributed by atoms with Gasteiger partial charge in [0.15, 0.2) is 0 Å². The summed E-state index contributed by atoms with van der Waals surface area (Å²) in [5.41, 5.74) is 3.76. The van der Waals surface area contributed by atoms with Gasteiger partial charge in [-0.05, 0) is 49.2 Å². The van der Waals surface area contributed by atoms with Crippen molar-refractivity contribution in [3.8, 4) is 0 Å². The number of carbonyl (C=O) groups is 1. The number of rotatable bonds is 10. The fourth-order valence-electron chi connectivity index (χ4n) is 4.47. The Morgan fingerprint density at radius 3 is 2.20 bits per heavy atom. The molecule has 2 aromatic rings. The number of para-hydroxylation sites is 1. The van der Waals surface area contributed by atoms with E-state index in [1.807, 2.05) is 18.2 Å². The minimum Gasteiger partial charge on any atom is -0.390 e. The van der Waals surface area contributed by atoms with Gasteiger partial charge < -0.3 is 15.5 Å². The Labute approximate surface area is 229 Å². The zero-order chi connectivity index (χ0) is 29.3. The number of nitrogens with zero attached hydrogens (tertiary/aromatic N) is 5. The highest BCUT2D eigenvalue weighted by Gasteiger charge is 2.37. The molecule has 1 aliphatic rings. The maximum absolute atomic E-state index is 13.1. The van der Waals surface area contributed by atoms with E-state index in [-0.39, 0.29) is 12.6 Å². The van der Waals surface area contributed by atoms with Crippen molar-refractivity contribution in [3.05, 3.63) is 64.7 Å². The molecule has 0 atom stereocenters. The Hall–Kier alpha value is -3.61. The van der Waals surface area contributed by atoms with Gasteiger partial charge in [0.1, 0.15) is 6.34 Å². The van der Waals surface area contributed by atoms with E-state index in [0.717, 1.165) is 55.3 Å². The number of halogens is 6. The van der Waals surface area contributed by atoms with Crippen molar-refractivity contribution in [1.29, 1.82) is 0 Å². The van der Waals surface area contributed by atoms with Gasteiger partial charge in [0.25, 0.3) is 5.91 Å². The van der Waals surface area contributed by atoms with E-state index in [1.165, 1.54) is 19.7 Å². The number of alkyl halides is 6. The average molecular weight is 571 g/mol. The van der Waals surface area contributed by atoms with Gasteiger partial charge in [-0.2, -0.15) is 26.3 Å². The Balaban J connectivity index is 1.48. The summed E-state index contributed by atoms with van der Waals surface area (Å²) in [4.78, 5) is 26.4. The Morgan fingerprint density at radius 1 is 0.975 bits per heavy atom. The smallest absolute Gasteiger partial charge is 0.390 e. The first-order chi connectivity index (χ1) is 18.9. The van der Waals surface area contributed by atoms with Crippen molar-refractivity contribution >= 4 is 24.3 Å². The van der Waals surface area contributed by atoms with Gasteiger partial charge in [0.05, 0.1) is 24.0 Å². The van der Waals surface area contributed by atoms with Gasteiger partial charge in [-0.25, -0.2) is 4.99 Å². The molecule has 0 saturated carbocycles. The summed E-state index contributed by atoms with van der Waals surface area (Å²) in [6.07, 6.45) is -6.14. The van der Waals surface area contributed by atoms with Crippen molar-refractivity contribution in [1.82, 2.24) is 9.80 Å². The zero-order valence-electron chi connectivity index (χ0n) is 22.0. The molecule has 1 fully saturated rings. The third-order valence-electron chi connectivity index (χ3n) is 6.60. The van der Waals surface area contributed by atoms with Crippen LogP contribution in [0.1, 0.15) is 39.9 Å². The third-order valence-corrected chi connectivity index (χ3v) is 6.60. The van der Waals surface area contributed by atoms with E-state index in [4.69, 9.17) is 5.73 Å². The lowest BCUT2D eigenvalue weighted by Gasteiger charge is -2.37. The average Bonchev–Trinajstić information content (AvgIpc) is 2.92. The minimum atomic E-state index is -5.01. The molecule has 0 radical (unpaired) electrons. The lowest BCUT2D eigenvalue weighted by atomic mass is 10.0. The van der Waals surface area contributed by atoms with Crippen LogP contribution < -0.4 is 10.6 Å². The lowest BCUT2D eigenvalue weighted by Crippen LogP contribution is -2.47. The van der Waals surface area contributed by atoms with E-state index in [0.29, 0.717) is 25.1 Å². The molecule has 0 unspecified atom stereocenters. The molecule has 1 heterocycles. The van der Waals surface area contributed by atoms with Gasteiger partial charge in [0.2, 0.25) is 0 Å². The van der Waals surface area contributed by atoms with Crippen LogP contribution in [-0.2, 0) is 18.9 Å². The monoisotopic (exact) mass is 570 g/mol. The fourth-order valence-corrected chi connectivity index (χ4v) is 4.47. The molecule has 1 aliphatic heterocycles.